The number of carbonyl (C=O) groups excluding carboxylic acids is 1. The minimum absolute atomic E-state index is 0.0693. The van der Waals surface area contributed by atoms with E-state index in [0.29, 0.717) is 17.2 Å². The molecule has 0 fully saturated rings. The van der Waals surface area contributed by atoms with Gasteiger partial charge in [0.25, 0.3) is 5.91 Å². The van der Waals surface area contributed by atoms with Gasteiger partial charge in [0.2, 0.25) is 0 Å². The molecule has 0 bridgehead atoms. The van der Waals surface area contributed by atoms with Gasteiger partial charge < -0.3 is 9.73 Å². The van der Waals surface area contributed by atoms with Gasteiger partial charge in [-0.25, -0.2) is 0 Å². The lowest BCUT2D eigenvalue weighted by Gasteiger charge is -2.13. The van der Waals surface area contributed by atoms with Gasteiger partial charge in [-0.2, -0.15) is 5.10 Å². The summed E-state index contributed by atoms with van der Waals surface area (Å²) in [5.74, 6) is 0.662. The van der Waals surface area contributed by atoms with Crippen LogP contribution in [0.25, 0.3) is 11.0 Å². The maximum absolute atomic E-state index is 12.3. The van der Waals surface area contributed by atoms with Crippen LogP contribution in [0, 0.1) is 0 Å². The lowest BCUT2D eigenvalue weighted by molar-refractivity contribution is 0.0998. The Labute approximate surface area is 128 Å². The second-order valence-corrected chi connectivity index (χ2v) is 6.39. The van der Waals surface area contributed by atoms with Crippen LogP contribution < -0.4 is 5.32 Å². The predicted octanol–water partition coefficient (Wildman–Crippen LogP) is 3.72. The van der Waals surface area contributed by atoms with Crippen molar-refractivity contribution in [3.8, 4) is 0 Å². The average Bonchev–Trinajstić information content (AvgIpc) is 3.02. The predicted molar refractivity (Wildman–Crippen MR) is 86.1 cm³/mol. The first-order valence-electron chi connectivity index (χ1n) is 7.19. The molecule has 3 rings (SSSR count). The largest absolute Gasteiger partial charge is 0.451 e. The van der Waals surface area contributed by atoms with Crippen molar-refractivity contribution >= 4 is 22.7 Å². The molecular formula is C17H19N3O2. The quantitative estimate of drug-likeness (QED) is 0.784. The van der Waals surface area contributed by atoms with E-state index in [0.717, 1.165) is 11.1 Å². The van der Waals surface area contributed by atoms with Crippen molar-refractivity contribution in [1.29, 1.82) is 0 Å². The number of furan rings is 1. The SMILES string of the molecule is Cn1nc(C(C)(C)C)cc1NC(=O)c1cc2ccccc2o1. The maximum Gasteiger partial charge on any atom is 0.292 e. The molecule has 2 heterocycles. The fourth-order valence-corrected chi connectivity index (χ4v) is 2.22. The molecule has 5 nitrogen and oxygen atoms in total. The molecule has 3 aromatic rings. The number of nitrogens with one attached hydrogen (secondary N) is 1. The minimum Gasteiger partial charge on any atom is -0.451 e. The summed E-state index contributed by atoms with van der Waals surface area (Å²) >= 11 is 0. The van der Waals surface area contributed by atoms with E-state index in [4.69, 9.17) is 4.42 Å². The number of carbonyl (C=O) groups is 1. The number of hydrogen-bond acceptors (Lipinski definition) is 3. The van der Waals surface area contributed by atoms with Crippen molar-refractivity contribution in [2.75, 3.05) is 5.32 Å². The van der Waals surface area contributed by atoms with Gasteiger partial charge in [-0.1, -0.05) is 39.0 Å². The second-order valence-electron chi connectivity index (χ2n) is 6.39. The molecular weight excluding hydrogens is 278 g/mol. The molecule has 0 radical (unpaired) electrons. The summed E-state index contributed by atoms with van der Waals surface area (Å²) in [4.78, 5) is 12.3. The number of aryl methyl sites for hydroxylation is 1. The normalized spacial score (nSPS) is 11.8. The highest BCUT2D eigenvalue weighted by Crippen LogP contribution is 2.24. The zero-order valence-corrected chi connectivity index (χ0v) is 13.2. The van der Waals surface area contributed by atoms with Gasteiger partial charge in [-0.3, -0.25) is 9.48 Å². The van der Waals surface area contributed by atoms with E-state index in [1.54, 1.807) is 10.7 Å². The molecule has 0 aliphatic heterocycles. The van der Waals surface area contributed by atoms with Crippen molar-refractivity contribution in [1.82, 2.24) is 9.78 Å². The molecule has 1 N–H and O–H groups in total. The number of fused-ring (bicyclic) bond motifs is 1. The van der Waals surface area contributed by atoms with Crippen molar-refractivity contribution in [3.63, 3.8) is 0 Å². The number of nitrogens with zero attached hydrogens (tertiary/aromatic N) is 2. The maximum atomic E-state index is 12.3. The summed E-state index contributed by atoms with van der Waals surface area (Å²) in [6, 6.07) is 11.2. The van der Waals surface area contributed by atoms with Crippen LogP contribution in [0.1, 0.15) is 37.0 Å². The van der Waals surface area contributed by atoms with E-state index in [2.05, 4.69) is 31.2 Å². The molecule has 0 unspecified atom stereocenters. The summed E-state index contributed by atoms with van der Waals surface area (Å²) in [7, 11) is 1.81. The molecule has 0 atom stereocenters. The van der Waals surface area contributed by atoms with E-state index < -0.39 is 0 Å². The van der Waals surface area contributed by atoms with E-state index in [1.807, 2.05) is 37.4 Å². The molecule has 0 spiro atoms. The smallest absolute Gasteiger partial charge is 0.292 e. The molecule has 22 heavy (non-hydrogen) atoms. The first-order valence-corrected chi connectivity index (χ1v) is 7.19. The molecule has 2 aromatic heterocycles. The number of amides is 1. The third kappa shape index (κ3) is 2.62. The van der Waals surface area contributed by atoms with Crippen molar-refractivity contribution in [2.24, 2.45) is 7.05 Å². The second kappa shape index (κ2) is 5.02. The lowest BCUT2D eigenvalue weighted by atomic mass is 9.92. The van der Waals surface area contributed by atoms with Gasteiger partial charge in [0.05, 0.1) is 5.69 Å². The first-order chi connectivity index (χ1) is 10.3. The minimum atomic E-state index is -0.278. The Kier molecular flexibility index (Phi) is 3.28. The van der Waals surface area contributed by atoms with E-state index in [9.17, 15) is 4.79 Å². The van der Waals surface area contributed by atoms with Crippen LogP contribution in [0.5, 0.6) is 0 Å². The molecule has 0 saturated heterocycles. The van der Waals surface area contributed by atoms with E-state index >= 15 is 0 Å². The average molecular weight is 297 g/mol. The Balaban J connectivity index is 1.86. The Hall–Kier alpha value is -2.56. The molecule has 0 saturated carbocycles. The van der Waals surface area contributed by atoms with Gasteiger partial charge in [0, 0.05) is 23.9 Å². The summed E-state index contributed by atoms with van der Waals surface area (Å²) in [6.07, 6.45) is 0. The van der Waals surface area contributed by atoms with Gasteiger partial charge in [0.15, 0.2) is 5.76 Å². The summed E-state index contributed by atoms with van der Waals surface area (Å²) < 4.78 is 7.24. The molecule has 5 heteroatoms. The fraction of sp³-hybridized carbons (Fsp3) is 0.294. The van der Waals surface area contributed by atoms with Crippen LogP contribution in [0.2, 0.25) is 0 Å². The molecule has 1 amide bonds. The monoisotopic (exact) mass is 297 g/mol. The fourth-order valence-electron chi connectivity index (χ4n) is 2.22. The van der Waals surface area contributed by atoms with E-state index in [1.165, 1.54) is 0 Å². The van der Waals surface area contributed by atoms with Gasteiger partial charge in [-0.15, -0.1) is 0 Å². The summed E-state index contributed by atoms with van der Waals surface area (Å²) in [6.45, 7) is 6.25. The van der Waals surface area contributed by atoms with Gasteiger partial charge >= 0.3 is 0 Å². The van der Waals surface area contributed by atoms with Crippen LogP contribution >= 0.6 is 0 Å². The van der Waals surface area contributed by atoms with Crippen LogP contribution in [0.3, 0.4) is 0 Å². The third-order valence-electron chi connectivity index (χ3n) is 3.54. The lowest BCUT2D eigenvalue weighted by Crippen LogP contribution is -2.13. The number of hydrogen-bond donors (Lipinski definition) is 1. The topological polar surface area (TPSA) is 60.1 Å². The standard InChI is InChI=1S/C17H19N3O2/c1-17(2,3)14-10-15(20(4)19-14)18-16(21)13-9-11-7-5-6-8-12(11)22-13/h5-10H,1-4H3,(H,18,21). The summed E-state index contributed by atoms with van der Waals surface area (Å²) in [5, 5.41) is 8.20. The summed E-state index contributed by atoms with van der Waals surface area (Å²) in [5.41, 5.74) is 1.56. The van der Waals surface area contributed by atoms with Crippen molar-refractivity contribution in [2.45, 2.75) is 26.2 Å². The number of aromatic nitrogens is 2. The molecule has 0 aliphatic carbocycles. The Morgan fingerprint density at radius 3 is 2.59 bits per heavy atom. The van der Waals surface area contributed by atoms with Gasteiger partial charge in [0.1, 0.15) is 11.4 Å². The highest BCUT2D eigenvalue weighted by Gasteiger charge is 2.20. The molecule has 0 aliphatic rings. The number of rotatable bonds is 2. The van der Waals surface area contributed by atoms with E-state index in [-0.39, 0.29) is 11.3 Å². The Bertz CT molecular complexity index is 804. The van der Waals surface area contributed by atoms with Crippen LogP contribution in [-0.4, -0.2) is 15.7 Å². The molecule has 1 aromatic carbocycles. The zero-order chi connectivity index (χ0) is 15.9. The van der Waals surface area contributed by atoms with Crippen LogP contribution in [-0.2, 0) is 12.5 Å². The molecule has 114 valence electrons. The third-order valence-corrected chi connectivity index (χ3v) is 3.54. The van der Waals surface area contributed by atoms with Crippen molar-refractivity contribution < 1.29 is 9.21 Å². The highest BCUT2D eigenvalue weighted by molar-refractivity contribution is 6.04. The van der Waals surface area contributed by atoms with Crippen molar-refractivity contribution in [3.05, 3.63) is 47.9 Å². The Morgan fingerprint density at radius 2 is 1.95 bits per heavy atom. The number of anilines is 1. The number of para-hydroxylation sites is 1. The first kappa shape index (κ1) is 14.4. The van der Waals surface area contributed by atoms with Gasteiger partial charge in [-0.05, 0) is 12.1 Å². The van der Waals surface area contributed by atoms with Crippen LogP contribution in [0.4, 0.5) is 5.82 Å². The highest BCUT2D eigenvalue weighted by atomic mass is 16.3. The Morgan fingerprint density at radius 1 is 1.23 bits per heavy atom. The zero-order valence-electron chi connectivity index (χ0n) is 13.2. The number of benzene rings is 1. The van der Waals surface area contributed by atoms with Crippen LogP contribution in [0.15, 0.2) is 40.8 Å².